The summed E-state index contributed by atoms with van der Waals surface area (Å²) in [6.45, 7) is 0.430. The van der Waals surface area contributed by atoms with Crippen LogP contribution >= 0.6 is 0 Å². The monoisotopic (exact) mass is 266 g/mol. The lowest BCUT2D eigenvalue weighted by molar-refractivity contribution is 0.624. The summed E-state index contributed by atoms with van der Waals surface area (Å²) in [4.78, 5) is 4.43. The lowest BCUT2D eigenvalue weighted by atomic mass is 10.2. The average molecular weight is 266 g/mol. The van der Waals surface area contributed by atoms with Crippen molar-refractivity contribution < 1.29 is 4.39 Å². The van der Waals surface area contributed by atoms with Gasteiger partial charge in [0.25, 0.3) is 0 Å². The molecular weight excluding hydrogens is 255 g/mol. The fourth-order valence-electron chi connectivity index (χ4n) is 2.04. The number of pyridine rings is 1. The highest BCUT2D eigenvalue weighted by atomic mass is 19.1. The van der Waals surface area contributed by atoms with Crippen molar-refractivity contribution in [1.82, 2.24) is 9.38 Å². The van der Waals surface area contributed by atoms with Crippen LogP contribution in [-0.2, 0) is 6.54 Å². The van der Waals surface area contributed by atoms with Crippen LogP contribution in [0.25, 0.3) is 5.65 Å². The van der Waals surface area contributed by atoms with Gasteiger partial charge < -0.3 is 9.72 Å². The van der Waals surface area contributed by atoms with Gasteiger partial charge in [-0.2, -0.15) is 5.26 Å². The maximum atomic E-state index is 13.5. The van der Waals surface area contributed by atoms with Crippen LogP contribution in [-0.4, -0.2) is 9.38 Å². The molecule has 3 rings (SSSR count). The Kier molecular flexibility index (Phi) is 3.05. The molecule has 98 valence electrons. The van der Waals surface area contributed by atoms with Crippen LogP contribution < -0.4 is 5.32 Å². The van der Waals surface area contributed by atoms with E-state index in [0.29, 0.717) is 12.2 Å². The fourth-order valence-corrected chi connectivity index (χ4v) is 2.04. The van der Waals surface area contributed by atoms with E-state index >= 15 is 0 Å². The van der Waals surface area contributed by atoms with E-state index in [1.165, 1.54) is 6.07 Å². The number of anilines is 1. The summed E-state index contributed by atoms with van der Waals surface area (Å²) < 4.78 is 15.4. The van der Waals surface area contributed by atoms with Crippen LogP contribution in [0.1, 0.15) is 11.3 Å². The summed E-state index contributed by atoms with van der Waals surface area (Å²) in [5.74, 6) is -0.521. The number of nitrogens with zero attached hydrogens (tertiary/aromatic N) is 3. The first-order valence-electron chi connectivity index (χ1n) is 6.13. The van der Waals surface area contributed by atoms with Crippen molar-refractivity contribution in [1.29, 1.82) is 5.26 Å². The Morgan fingerprint density at radius 1 is 1.25 bits per heavy atom. The van der Waals surface area contributed by atoms with E-state index in [9.17, 15) is 4.39 Å². The number of fused-ring (bicyclic) bond motifs is 1. The van der Waals surface area contributed by atoms with Crippen molar-refractivity contribution >= 4 is 11.3 Å². The average Bonchev–Trinajstić information content (AvgIpc) is 2.88. The molecule has 0 amide bonds. The van der Waals surface area contributed by atoms with Gasteiger partial charge in [0.15, 0.2) is 0 Å². The standard InChI is InChI=1S/C15H11FN4/c16-13-4-3-5-14(12(13)8-17)18-9-11-10-20-7-2-1-6-15(20)19-11/h1-7,10,18H,9H2. The van der Waals surface area contributed by atoms with Gasteiger partial charge in [-0.3, -0.25) is 0 Å². The zero-order chi connectivity index (χ0) is 13.9. The lowest BCUT2D eigenvalue weighted by Gasteiger charge is -2.06. The first kappa shape index (κ1) is 12.2. The van der Waals surface area contributed by atoms with Crippen LogP contribution in [0.5, 0.6) is 0 Å². The molecule has 3 aromatic rings. The number of hydrogen-bond acceptors (Lipinski definition) is 3. The van der Waals surface area contributed by atoms with E-state index in [1.807, 2.05) is 41.1 Å². The topological polar surface area (TPSA) is 53.1 Å². The fraction of sp³-hybridized carbons (Fsp3) is 0.0667. The van der Waals surface area contributed by atoms with Crippen molar-refractivity contribution in [2.75, 3.05) is 5.32 Å². The number of halogens is 1. The normalized spacial score (nSPS) is 10.4. The molecule has 1 N–H and O–H groups in total. The summed E-state index contributed by atoms with van der Waals surface area (Å²) in [6, 6.07) is 12.1. The zero-order valence-corrected chi connectivity index (χ0v) is 10.5. The molecule has 0 unspecified atom stereocenters. The second-order valence-electron chi connectivity index (χ2n) is 4.33. The van der Waals surface area contributed by atoms with Crippen molar-refractivity contribution in [2.45, 2.75) is 6.54 Å². The van der Waals surface area contributed by atoms with Crippen LogP contribution in [0.3, 0.4) is 0 Å². The van der Waals surface area contributed by atoms with Gasteiger partial charge >= 0.3 is 0 Å². The van der Waals surface area contributed by atoms with Crippen molar-refractivity contribution in [2.24, 2.45) is 0 Å². The third-order valence-corrected chi connectivity index (χ3v) is 3.00. The molecule has 0 saturated carbocycles. The van der Waals surface area contributed by atoms with Gasteiger partial charge in [0.2, 0.25) is 0 Å². The van der Waals surface area contributed by atoms with Crippen molar-refractivity contribution in [3.63, 3.8) is 0 Å². The van der Waals surface area contributed by atoms with Crippen LogP contribution in [0.15, 0.2) is 48.8 Å². The first-order chi connectivity index (χ1) is 9.78. The quantitative estimate of drug-likeness (QED) is 0.793. The number of aromatic nitrogens is 2. The summed E-state index contributed by atoms with van der Waals surface area (Å²) in [5, 5.41) is 12.0. The minimum absolute atomic E-state index is 0.0243. The van der Waals surface area contributed by atoms with E-state index < -0.39 is 5.82 Å². The number of rotatable bonds is 3. The maximum absolute atomic E-state index is 13.5. The van der Waals surface area contributed by atoms with Gasteiger partial charge in [0.1, 0.15) is 23.1 Å². The Morgan fingerprint density at radius 3 is 2.95 bits per heavy atom. The Hall–Kier alpha value is -2.87. The third-order valence-electron chi connectivity index (χ3n) is 3.00. The molecule has 0 aliphatic heterocycles. The molecule has 0 spiro atoms. The van der Waals surface area contributed by atoms with Gasteiger partial charge in [-0.25, -0.2) is 9.37 Å². The SMILES string of the molecule is N#Cc1c(F)cccc1NCc1cn2ccccc2n1. The smallest absolute Gasteiger partial charge is 0.143 e. The second-order valence-corrected chi connectivity index (χ2v) is 4.33. The predicted molar refractivity (Wildman–Crippen MR) is 73.6 cm³/mol. The molecule has 0 aliphatic rings. The Bertz CT molecular complexity index is 768. The van der Waals surface area contributed by atoms with Crippen LogP contribution in [0.2, 0.25) is 0 Å². The molecule has 4 nitrogen and oxygen atoms in total. The summed E-state index contributed by atoms with van der Waals surface area (Å²) in [5.41, 5.74) is 2.18. The van der Waals surface area contributed by atoms with Crippen LogP contribution in [0, 0.1) is 17.1 Å². The molecule has 0 aliphatic carbocycles. The van der Waals surface area contributed by atoms with E-state index in [0.717, 1.165) is 11.3 Å². The highest BCUT2D eigenvalue weighted by molar-refractivity contribution is 5.58. The molecule has 2 aromatic heterocycles. The van der Waals surface area contributed by atoms with E-state index in [2.05, 4.69) is 10.3 Å². The zero-order valence-electron chi connectivity index (χ0n) is 10.5. The minimum Gasteiger partial charge on any atom is -0.378 e. The van der Waals surface area contributed by atoms with Crippen LogP contribution in [0.4, 0.5) is 10.1 Å². The van der Waals surface area contributed by atoms with Gasteiger partial charge in [0, 0.05) is 12.4 Å². The second kappa shape index (κ2) is 5.02. The lowest BCUT2D eigenvalue weighted by Crippen LogP contribution is -2.02. The van der Waals surface area contributed by atoms with E-state index in [1.54, 1.807) is 12.1 Å². The van der Waals surface area contributed by atoms with E-state index in [-0.39, 0.29) is 5.56 Å². The number of nitriles is 1. The molecule has 20 heavy (non-hydrogen) atoms. The summed E-state index contributed by atoms with van der Waals surface area (Å²) >= 11 is 0. The van der Waals surface area contributed by atoms with Crippen molar-refractivity contribution in [3.8, 4) is 6.07 Å². The molecule has 0 radical (unpaired) electrons. The Balaban J connectivity index is 1.83. The number of nitrogens with one attached hydrogen (secondary N) is 1. The van der Waals surface area contributed by atoms with Crippen molar-refractivity contribution in [3.05, 3.63) is 65.9 Å². The molecule has 0 fully saturated rings. The van der Waals surface area contributed by atoms with Gasteiger partial charge in [-0.1, -0.05) is 12.1 Å². The third kappa shape index (κ3) is 2.19. The number of benzene rings is 1. The molecule has 1 aromatic carbocycles. The maximum Gasteiger partial charge on any atom is 0.143 e. The number of hydrogen-bond donors (Lipinski definition) is 1. The first-order valence-corrected chi connectivity index (χ1v) is 6.13. The molecule has 5 heteroatoms. The summed E-state index contributed by atoms with van der Waals surface area (Å²) in [7, 11) is 0. The minimum atomic E-state index is -0.521. The molecule has 0 atom stereocenters. The summed E-state index contributed by atoms with van der Waals surface area (Å²) in [6.07, 6.45) is 3.81. The highest BCUT2D eigenvalue weighted by Gasteiger charge is 2.08. The Labute approximate surface area is 115 Å². The molecule has 0 bridgehead atoms. The molecule has 0 saturated heterocycles. The molecular formula is C15H11FN4. The highest BCUT2D eigenvalue weighted by Crippen LogP contribution is 2.18. The number of imidazole rings is 1. The molecule has 2 heterocycles. The van der Waals surface area contributed by atoms with Gasteiger partial charge in [-0.15, -0.1) is 0 Å². The Morgan fingerprint density at radius 2 is 2.15 bits per heavy atom. The largest absolute Gasteiger partial charge is 0.378 e. The predicted octanol–water partition coefficient (Wildman–Crippen LogP) is 2.96. The van der Waals surface area contributed by atoms with Gasteiger partial charge in [0.05, 0.1) is 17.9 Å². The van der Waals surface area contributed by atoms with Gasteiger partial charge in [-0.05, 0) is 24.3 Å². The van der Waals surface area contributed by atoms with E-state index in [4.69, 9.17) is 5.26 Å².